The van der Waals surface area contributed by atoms with Gasteiger partial charge >= 0.3 is 0 Å². The second-order valence-electron chi connectivity index (χ2n) is 8.66. The number of anilines is 2. The van der Waals surface area contributed by atoms with Gasteiger partial charge in [0.05, 0.1) is 30.2 Å². The van der Waals surface area contributed by atoms with Gasteiger partial charge in [0.2, 0.25) is 11.8 Å². The number of aromatic nitrogens is 2. The summed E-state index contributed by atoms with van der Waals surface area (Å²) in [5.41, 5.74) is 2.26. The number of hydrogen-bond acceptors (Lipinski definition) is 4. The molecule has 0 aliphatic rings. The summed E-state index contributed by atoms with van der Waals surface area (Å²) in [6.07, 6.45) is 0. The molecule has 0 radical (unpaired) electrons. The topological polar surface area (TPSA) is 79.3 Å². The maximum absolute atomic E-state index is 12.7. The fraction of sp³-hybridized carbons (Fsp3) is 0.292. The van der Waals surface area contributed by atoms with Crippen molar-refractivity contribution in [1.82, 2.24) is 14.7 Å². The Morgan fingerprint density at radius 3 is 2.19 bits per heavy atom. The summed E-state index contributed by atoms with van der Waals surface area (Å²) < 4.78 is 2.54. The Bertz CT molecular complexity index is 1090. The standard InChI is InChI=1S/C24H28BrN5O2/c1-24(2,3)20-14-21(30(28-20)17-10-6-5-7-11-17)27-23(32)16-29(4)15-22(31)26-19-13-9-8-12-18(19)25/h5-14H,15-16H2,1-4H3,(H,26,31)(H,27,32). The lowest BCUT2D eigenvalue weighted by Crippen LogP contribution is -2.36. The Morgan fingerprint density at radius 2 is 1.56 bits per heavy atom. The van der Waals surface area contributed by atoms with Gasteiger partial charge in [-0.25, -0.2) is 4.68 Å². The van der Waals surface area contributed by atoms with Gasteiger partial charge in [0, 0.05) is 16.0 Å². The highest BCUT2D eigenvalue weighted by Crippen LogP contribution is 2.26. The summed E-state index contributed by atoms with van der Waals surface area (Å²) >= 11 is 3.41. The number of para-hydroxylation sites is 2. The minimum atomic E-state index is -0.223. The molecule has 1 aromatic heterocycles. The number of halogens is 1. The molecule has 0 fully saturated rings. The first-order valence-corrected chi connectivity index (χ1v) is 11.1. The molecule has 8 heteroatoms. The van der Waals surface area contributed by atoms with Crippen LogP contribution in [0.25, 0.3) is 5.69 Å². The van der Waals surface area contributed by atoms with E-state index in [1.54, 1.807) is 16.6 Å². The Labute approximate surface area is 196 Å². The molecular formula is C24H28BrN5O2. The number of nitrogens with one attached hydrogen (secondary N) is 2. The van der Waals surface area contributed by atoms with Gasteiger partial charge in [-0.3, -0.25) is 14.5 Å². The van der Waals surface area contributed by atoms with E-state index in [-0.39, 0.29) is 30.3 Å². The van der Waals surface area contributed by atoms with Crippen molar-refractivity contribution in [1.29, 1.82) is 0 Å². The second-order valence-corrected chi connectivity index (χ2v) is 9.51. The molecule has 32 heavy (non-hydrogen) atoms. The Hall–Kier alpha value is -2.97. The van der Waals surface area contributed by atoms with E-state index in [0.29, 0.717) is 11.5 Å². The predicted molar refractivity (Wildman–Crippen MR) is 131 cm³/mol. The van der Waals surface area contributed by atoms with Crippen LogP contribution in [0.5, 0.6) is 0 Å². The molecule has 0 spiro atoms. The summed E-state index contributed by atoms with van der Waals surface area (Å²) in [5, 5.41) is 10.5. The van der Waals surface area contributed by atoms with Crippen LogP contribution in [0.3, 0.4) is 0 Å². The van der Waals surface area contributed by atoms with Gasteiger partial charge < -0.3 is 10.6 Å². The van der Waals surface area contributed by atoms with Crippen LogP contribution in [0.15, 0.2) is 65.1 Å². The highest BCUT2D eigenvalue weighted by Gasteiger charge is 2.22. The fourth-order valence-corrected chi connectivity index (χ4v) is 3.47. The molecule has 0 aliphatic heterocycles. The van der Waals surface area contributed by atoms with Crippen molar-refractivity contribution in [2.75, 3.05) is 30.8 Å². The van der Waals surface area contributed by atoms with Crippen molar-refractivity contribution in [3.8, 4) is 5.69 Å². The zero-order chi connectivity index (χ0) is 23.3. The van der Waals surface area contributed by atoms with Crippen molar-refractivity contribution in [2.24, 2.45) is 0 Å². The van der Waals surface area contributed by atoms with E-state index in [0.717, 1.165) is 15.9 Å². The number of nitrogens with zero attached hydrogens (tertiary/aromatic N) is 3. The summed E-state index contributed by atoms with van der Waals surface area (Å²) in [4.78, 5) is 26.7. The monoisotopic (exact) mass is 497 g/mol. The van der Waals surface area contributed by atoms with Crippen LogP contribution >= 0.6 is 15.9 Å². The van der Waals surface area contributed by atoms with Gasteiger partial charge in [0.1, 0.15) is 5.82 Å². The van der Waals surface area contributed by atoms with E-state index < -0.39 is 0 Å². The SMILES string of the molecule is CN(CC(=O)Nc1ccccc1Br)CC(=O)Nc1cc(C(C)(C)C)nn1-c1ccccc1. The van der Waals surface area contributed by atoms with Gasteiger partial charge in [-0.2, -0.15) is 5.10 Å². The molecule has 0 unspecified atom stereocenters. The van der Waals surface area contributed by atoms with Crippen molar-refractivity contribution in [3.05, 3.63) is 70.8 Å². The Morgan fingerprint density at radius 1 is 0.969 bits per heavy atom. The average molecular weight is 498 g/mol. The third kappa shape index (κ3) is 6.27. The van der Waals surface area contributed by atoms with E-state index in [2.05, 4.69) is 47.3 Å². The smallest absolute Gasteiger partial charge is 0.239 e. The number of hydrogen-bond donors (Lipinski definition) is 2. The van der Waals surface area contributed by atoms with Gasteiger partial charge in [0.15, 0.2) is 0 Å². The van der Waals surface area contributed by atoms with Crippen molar-refractivity contribution < 1.29 is 9.59 Å². The predicted octanol–water partition coefficient (Wildman–Crippen LogP) is 4.44. The lowest BCUT2D eigenvalue weighted by Gasteiger charge is -2.16. The van der Waals surface area contributed by atoms with Crippen LogP contribution in [0.2, 0.25) is 0 Å². The molecule has 0 aliphatic carbocycles. The number of carbonyl (C=O) groups is 2. The molecular weight excluding hydrogens is 470 g/mol. The number of rotatable bonds is 7. The number of carbonyl (C=O) groups excluding carboxylic acids is 2. The molecule has 0 bridgehead atoms. The first kappa shape index (κ1) is 23.7. The summed E-state index contributed by atoms with van der Waals surface area (Å²) in [6, 6.07) is 18.9. The zero-order valence-corrected chi connectivity index (χ0v) is 20.3. The third-order valence-electron chi connectivity index (χ3n) is 4.72. The largest absolute Gasteiger partial charge is 0.324 e. The van der Waals surface area contributed by atoms with Crippen LogP contribution in [0.1, 0.15) is 26.5 Å². The van der Waals surface area contributed by atoms with Crippen molar-refractivity contribution in [2.45, 2.75) is 26.2 Å². The summed E-state index contributed by atoms with van der Waals surface area (Å²) in [6.45, 7) is 6.38. The molecule has 0 saturated carbocycles. The molecule has 2 aromatic carbocycles. The molecule has 0 atom stereocenters. The number of amides is 2. The molecule has 7 nitrogen and oxygen atoms in total. The molecule has 0 saturated heterocycles. The highest BCUT2D eigenvalue weighted by molar-refractivity contribution is 9.10. The first-order chi connectivity index (χ1) is 15.1. The van der Waals surface area contributed by atoms with Crippen molar-refractivity contribution >= 4 is 39.2 Å². The minimum absolute atomic E-state index is 0.0637. The molecule has 3 rings (SSSR count). The number of benzene rings is 2. The van der Waals surface area contributed by atoms with Crippen LogP contribution in [0.4, 0.5) is 11.5 Å². The summed E-state index contributed by atoms with van der Waals surface area (Å²) in [7, 11) is 1.73. The van der Waals surface area contributed by atoms with Gasteiger partial charge in [-0.15, -0.1) is 0 Å². The van der Waals surface area contributed by atoms with Gasteiger partial charge in [-0.1, -0.05) is 51.1 Å². The third-order valence-corrected chi connectivity index (χ3v) is 5.41. The maximum Gasteiger partial charge on any atom is 0.239 e. The fourth-order valence-electron chi connectivity index (χ4n) is 3.08. The quantitative estimate of drug-likeness (QED) is 0.505. The van der Waals surface area contributed by atoms with Crippen molar-refractivity contribution in [3.63, 3.8) is 0 Å². The second kappa shape index (κ2) is 10.1. The number of likely N-dealkylation sites (N-methyl/N-ethyl adjacent to an activating group) is 1. The Kier molecular flexibility index (Phi) is 7.48. The van der Waals surface area contributed by atoms with E-state index >= 15 is 0 Å². The Balaban J connectivity index is 1.65. The van der Waals surface area contributed by atoms with Gasteiger partial charge in [-0.05, 0) is 47.2 Å². The van der Waals surface area contributed by atoms with Crippen LogP contribution < -0.4 is 10.6 Å². The van der Waals surface area contributed by atoms with Crippen LogP contribution in [0, 0.1) is 0 Å². The minimum Gasteiger partial charge on any atom is -0.324 e. The average Bonchev–Trinajstić information content (AvgIpc) is 3.14. The van der Waals surface area contributed by atoms with E-state index in [1.807, 2.05) is 60.7 Å². The molecule has 2 N–H and O–H groups in total. The van der Waals surface area contributed by atoms with Crippen LogP contribution in [-0.2, 0) is 15.0 Å². The molecule has 3 aromatic rings. The molecule has 168 valence electrons. The summed E-state index contributed by atoms with van der Waals surface area (Å²) in [5.74, 6) is 0.174. The van der Waals surface area contributed by atoms with E-state index in [1.165, 1.54) is 0 Å². The normalized spacial score (nSPS) is 11.4. The highest BCUT2D eigenvalue weighted by atomic mass is 79.9. The molecule has 1 heterocycles. The lowest BCUT2D eigenvalue weighted by molar-refractivity contribution is -0.119. The lowest BCUT2D eigenvalue weighted by atomic mass is 9.92. The van der Waals surface area contributed by atoms with Gasteiger partial charge in [0.25, 0.3) is 0 Å². The first-order valence-electron chi connectivity index (χ1n) is 10.3. The molecule has 2 amide bonds. The van der Waals surface area contributed by atoms with Crippen LogP contribution in [-0.4, -0.2) is 46.6 Å². The van der Waals surface area contributed by atoms with E-state index in [4.69, 9.17) is 5.10 Å². The maximum atomic E-state index is 12.7. The zero-order valence-electron chi connectivity index (χ0n) is 18.7. The van der Waals surface area contributed by atoms with E-state index in [9.17, 15) is 9.59 Å².